The van der Waals surface area contributed by atoms with E-state index in [0.29, 0.717) is 59.3 Å². The van der Waals surface area contributed by atoms with E-state index in [9.17, 15) is 123 Å². The molecule has 0 saturated carbocycles. The van der Waals surface area contributed by atoms with E-state index in [2.05, 4.69) is 72.7 Å². The Hall–Kier alpha value is -16.3. The lowest BCUT2D eigenvalue weighted by molar-refractivity contribution is 0.111. The van der Waals surface area contributed by atoms with Crippen LogP contribution in [0.2, 0.25) is 0 Å². The van der Waals surface area contributed by atoms with Crippen LogP contribution in [0.15, 0.2) is 188 Å². The maximum atomic E-state index is 13.8. The molecule has 0 saturated heterocycles. The van der Waals surface area contributed by atoms with Gasteiger partial charge < -0.3 is 99.7 Å². The number of nitrogens with two attached hydrogens (primary N) is 1. The third kappa shape index (κ3) is 13.0. The molecule has 3 spiro atoms. The highest BCUT2D eigenvalue weighted by atomic mass is 79.9. The third-order valence-corrected chi connectivity index (χ3v) is 26.9. The van der Waals surface area contributed by atoms with E-state index in [1.165, 1.54) is 45.9 Å². The predicted molar refractivity (Wildman–Crippen MR) is 493 cm³/mol. The number of aromatic hydroxyl groups is 3. The summed E-state index contributed by atoms with van der Waals surface area (Å²) >= 11 is 6.86. The minimum atomic E-state index is -2.03. The van der Waals surface area contributed by atoms with Gasteiger partial charge in [0.05, 0.1) is 137 Å². The molecule has 5 aromatic carbocycles. The number of rotatable bonds is 10. The second-order valence-corrected chi connectivity index (χ2v) is 33.1. The van der Waals surface area contributed by atoms with Crippen molar-refractivity contribution in [2.45, 2.75) is 54.8 Å². The summed E-state index contributed by atoms with van der Waals surface area (Å²) in [5.41, 5.74) is -18.1. The number of oxime groups is 2. The number of methoxy groups -OCH3 is 3. The molecule has 42 heteroatoms. The summed E-state index contributed by atoms with van der Waals surface area (Å²) in [5.74, 6) is -3.53. The van der Waals surface area contributed by atoms with Crippen LogP contribution in [0, 0.1) is 31.3 Å². The van der Waals surface area contributed by atoms with Gasteiger partial charge in [0, 0.05) is 60.0 Å². The zero-order valence-corrected chi connectivity index (χ0v) is 73.6. The van der Waals surface area contributed by atoms with Crippen molar-refractivity contribution in [2.75, 3.05) is 42.7 Å². The lowest BCUT2D eigenvalue weighted by atomic mass is 9.77. The van der Waals surface area contributed by atoms with E-state index < -0.39 is 237 Å². The highest BCUT2D eigenvalue weighted by Gasteiger charge is 2.57. The maximum absolute atomic E-state index is 13.8. The molecule has 0 bridgehead atoms. The van der Waals surface area contributed by atoms with Crippen molar-refractivity contribution in [3.05, 3.63) is 373 Å². The van der Waals surface area contributed by atoms with Gasteiger partial charge in [-0.2, -0.15) is 0 Å². The highest BCUT2D eigenvalue weighted by molar-refractivity contribution is 9.11. The number of aliphatic hydroxyl groups excluding tert-OH is 6. The van der Waals surface area contributed by atoms with E-state index >= 15 is 0 Å². The first-order valence-corrected chi connectivity index (χ1v) is 41.5. The molecule has 682 valence electrons. The summed E-state index contributed by atoms with van der Waals surface area (Å²) in [4.78, 5) is 230. The van der Waals surface area contributed by atoms with E-state index in [4.69, 9.17) is 29.1 Å². The fourth-order valence-electron chi connectivity index (χ4n) is 19.5. The Labute approximate surface area is 762 Å². The lowest BCUT2D eigenvalue weighted by Crippen LogP contribution is -2.51. The fourth-order valence-corrected chi connectivity index (χ4v) is 20.9. The Morgan fingerprint density at radius 3 is 0.963 bits per heavy atom. The van der Waals surface area contributed by atoms with Gasteiger partial charge >= 0.3 is 7.12 Å². The van der Waals surface area contributed by atoms with Gasteiger partial charge in [0.1, 0.15) is 82.3 Å². The number of phenols is 3. The van der Waals surface area contributed by atoms with Crippen molar-refractivity contribution >= 4 is 130 Å². The van der Waals surface area contributed by atoms with Gasteiger partial charge in [-0.15, -0.1) is 0 Å². The fraction of sp³-hybridized carbons (Fsp3) is 0.161. The molecule has 0 amide bonds. The van der Waals surface area contributed by atoms with Crippen LogP contribution in [0.25, 0.3) is 78.0 Å². The highest BCUT2D eigenvalue weighted by Crippen LogP contribution is 2.60. The molecule has 3 unspecified atom stereocenters. The molecule has 20 rings (SSSR count). The topological polar surface area (TPSA) is 649 Å². The van der Waals surface area contributed by atoms with Gasteiger partial charge in [-0.25, -0.2) is 5.90 Å². The van der Waals surface area contributed by atoms with Gasteiger partial charge in [-0.1, -0.05) is 71.0 Å². The summed E-state index contributed by atoms with van der Waals surface area (Å²) in [7, 11) is 6.07. The van der Waals surface area contributed by atoms with Gasteiger partial charge in [0.25, 0.3) is 16.7 Å². The number of carbonyl (C=O) groups excluding carboxylic acids is 1. The summed E-state index contributed by atoms with van der Waals surface area (Å²) < 4.78 is 15.3. The van der Waals surface area contributed by atoms with E-state index in [-0.39, 0.29) is 93.8 Å². The molecular weight excluding hydrogens is 1900 g/mol. The minimum absolute atomic E-state index is 0.0525. The predicted octanol–water partition coefficient (Wildman–Crippen LogP) is -2.62. The van der Waals surface area contributed by atoms with Crippen LogP contribution in [-0.2, 0) is 50.0 Å². The number of hydrogen-bond donors (Lipinski definition) is 15. The molecule has 8 aromatic rings. The number of fused-ring (bicyclic) bond motifs is 12. The van der Waals surface area contributed by atoms with Crippen LogP contribution in [-0.4, -0.2) is 139 Å². The van der Waals surface area contributed by atoms with Gasteiger partial charge in [0.2, 0.25) is 48.9 Å². The second-order valence-electron chi connectivity index (χ2n) is 31.5. The normalized spacial score (nSPS) is 16.8. The Morgan fingerprint density at radius 2 is 0.659 bits per heavy atom. The van der Waals surface area contributed by atoms with Crippen molar-refractivity contribution in [3.63, 3.8) is 0 Å². The van der Waals surface area contributed by atoms with Gasteiger partial charge in [-0.05, 0) is 122 Å². The monoisotopic (exact) mass is 1960 g/mol. The molecule has 0 aliphatic heterocycles. The summed E-state index contributed by atoms with van der Waals surface area (Å²) in [6, 6.07) is 24.4. The first-order valence-electron chi connectivity index (χ1n) is 39.9. The van der Waals surface area contributed by atoms with Crippen LogP contribution in [0.4, 0.5) is 0 Å². The number of ether oxygens (including phenoxy) is 3. The van der Waals surface area contributed by atoms with E-state index in [1.54, 1.807) is 60.7 Å². The number of H-pyrrole nitrogens is 3. The summed E-state index contributed by atoms with van der Waals surface area (Å²) in [6.45, 7) is 0. The number of halogens is 2. The SMILES string of the molecule is CO/N=C/c1cc2c(-c3ccccc3)c3c(c(O)c2c(=O)[nH]1)C1(CC3)C(O)=c2c(=O)c3c(=O)cc(OC)c(=O)c=3c(=O)c2=C1O.CO/N=C/c1cc2c(Br)c3c(c(O)c2c(=O)[nH]1)C1(CC3)C(O)=c2c(=O)c3c(=O)cc(OC)c(=O)c=3c(=O)c2=C1O.CON.COc1cc(=O)c2c(=O)c3c(c(=O)c=2c1=O)=C(O)C1(CCc2c1c(O)c1c(=O)[nH]c(C=O)cc1c2Br)C=3O.OB(O)c1ccccc1. The van der Waals surface area contributed by atoms with Crippen LogP contribution in [0.3, 0.4) is 0 Å². The molecule has 135 heavy (non-hydrogen) atoms. The third-order valence-electron chi connectivity index (χ3n) is 25.1. The molecule has 16 N–H and O–H groups in total. The molecule has 3 heterocycles. The molecule has 39 nitrogen and oxygen atoms in total. The van der Waals surface area contributed by atoms with Crippen LogP contribution in [0.1, 0.15) is 74.5 Å². The summed E-state index contributed by atoms with van der Waals surface area (Å²) in [6.07, 6.45) is 2.94. The first kappa shape index (κ1) is 92.0. The number of aldehydes is 1. The molecule has 12 aliphatic carbocycles. The number of benzene rings is 5. The Balaban J connectivity index is 0.000000139. The Morgan fingerprint density at radius 1 is 0.378 bits per heavy atom. The molecule has 0 radical (unpaired) electrons. The zero-order chi connectivity index (χ0) is 97.6. The van der Waals surface area contributed by atoms with Gasteiger partial charge in [-0.3, -0.25) is 76.7 Å². The van der Waals surface area contributed by atoms with Crippen molar-refractivity contribution in [2.24, 2.45) is 16.2 Å². The minimum Gasteiger partial charge on any atom is -0.510 e. The van der Waals surface area contributed by atoms with Crippen molar-refractivity contribution in [1.82, 2.24) is 15.0 Å². The number of nitrogens with one attached hydrogen (secondary N) is 3. The Kier molecular flexibility index (Phi) is 23.1. The quantitative estimate of drug-likeness (QED) is 0.0288. The number of phenolic OH excluding ortho intramolecular Hbond substituents is 3. The maximum Gasteiger partial charge on any atom is 0.488 e. The number of aromatic amines is 3. The lowest BCUT2D eigenvalue weighted by Gasteiger charge is -2.28. The molecule has 0 fully saturated rings. The first-order chi connectivity index (χ1) is 64.3. The Bertz CT molecular complexity index is 9410. The standard InChI is InChI=1S/C33H22N2O10.C27H17BrN2O10.C26H14BrNO10.C6H7BO2.CH5NO/c1-44-18-11-17(36)21-22(26(18)37)28(39)24-23(27(21)38)30(41)33(31(24)42)9-8-15-19(13-6-4-3-5-7-13)16-10-14(12-34-45-2)35-32(43)20(16)29(40)25(15)33;1-39-12-6-11(31)14-15(20(12)32)22(34)17-16(21(14)33)24(36)27(25(17)37)4-3-9-18(27)23(35)13-10(19(9)28)5-8(7-29-40-2)30-26(13)38;1-38-11-5-10(30)13-14(19(11)31)21(33)16-15(20(13)32)23(35)26(24(16)36)3-2-8-17(26)22(34)12-9(18(8)27)4-7(6-29)28-25(12)37;8-7(9)6-4-2-1-3-5-6;1-3-2/h3-7,10-12,40-42H,8-9H2,1-2H3,(H,35,43);5-7,35-37H,3-4H2,1-2H3,(H,30,38);4-6,34-36H,2-3H2,1H3,(H,28,37);1-5,8-9H;2H2,1H3/b34-12+;29-7+;;;. The number of hydrogen-bond acceptors (Lipinski definition) is 36. The van der Waals surface area contributed by atoms with Crippen LogP contribution < -0.4 is 139 Å². The number of aliphatic hydroxyl groups is 6. The largest absolute Gasteiger partial charge is 0.510 e. The van der Waals surface area contributed by atoms with E-state index in [0.717, 1.165) is 39.5 Å². The van der Waals surface area contributed by atoms with Crippen molar-refractivity contribution in [3.8, 4) is 45.6 Å². The smallest absolute Gasteiger partial charge is 0.488 e. The van der Waals surface area contributed by atoms with E-state index in [1.807, 2.05) is 6.07 Å². The van der Waals surface area contributed by atoms with Gasteiger partial charge in [0.15, 0.2) is 39.8 Å². The van der Waals surface area contributed by atoms with Crippen LogP contribution >= 0.6 is 31.9 Å². The summed E-state index contributed by atoms with van der Waals surface area (Å²) in [5, 5.41) is 120. The van der Waals surface area contributed by atoms with Crippen molar-refractivity contribution in [1.29, 1.82) is 0 Å². The number of pyridine rings is 3. The second kappa shape index (κ2) is 33.8. The van der Waals surface area contributed by atoms with Crippen LogP contribution in [0.5, 0.6) is 34.5 Å². The average Bonchev–Trinajstić information content (AvgIpc) is 1.52. The molecule has 3 aromatic heterocycles. The average molecular weight is 1970 g/mol. The molecule has 3 atom stereocenters. The zero-order valence-electron chi connectivity index (χ0n) is 70.4. The number of nitrogens with zero attached hydrogens (tertiary/aromatic N) is 2. The van der Waals surface area contributed by atoms with Crippen molar-refractivity contribution < 1.29 is 89.5 Å². The number of carbonyl (C=O) groups is 1. The molecular formula is C93H65BBr2N6O33. The number of aromatic nitrogens is 3. The molecule has 12 aliphatic rings.